The first kappa shape index (κ1) is 4.89. The van der Waals surface area contributed by atoms with Crippen molar-refractivity contribution in [3.8, 4) is 0 Å². The van der Waals surface area contributed by atoms with Crippen molar-refractivity contribution in [2.45, 2.75) is 25.7 Å². The fourth-order valence-corrected chi connectivity index (χ4v) is 0.760. The van der Waals surface area contributed by atoms with Crippen molar-refractivity contribution >= 4 is 0 Å². The molecule has 0 aliphatic heterocycles. The van der Waals surface area contributed by atoms with E-state index in [2.05, 4.69) is 6.58 Å². The van der Waals surface area contributed by atoms with Crippen molar-refractivity contribution < 1.29 is 0 Å². The summed E-state index contributed by atoms with van der Waals surface area (Å²) in [7, 11) is 0. The van der Waals surface area contributed by atoms with Crippen LogP contribution in [0.3, 0.4) is 0 Å². The van der Waals surface area contributed by atoms with Gasteiger partial charge in [-0.25, -0.2) is 0 Å². The first-order valence-electron chi connectivity index (χ1n) is 3.04. The number of hydrogen-bond acceptors (Lipinski definition) is 0. The van der Waals surface area contributed by atoms with Gasteiger partial charge in [-0.05, 0) is 18.8 Å². The largest absolute Gasteiger partial charge is 0.103 e. The molecule has 0 unspecified atom stereocenters. The van der Waals surface area contributed by atoms with E-state index in [1.807, 2.05) is 6.08 Å². The van der Waals surface area contributed by atoms with E-state index in [1.54, 1.807) is 0 Å². The van der Waals surface area contributed by atoms with Gasteiger partial charge in [0.15, 0.2) is 0 Å². The molecule has 40 valence electrons. The molecule has 0 nitrogen and oxygen atoms in total. The lowest BCUT2D eigenvalue weighted by Gasteiger charge is -1.85. The van der Waals surface area contributed by atoms with E-state index < -0.39 is 0 Å². The van der Waals surface area contributed by atoms with Crippen LogP contribution in [0.1, 0.15) is 25.7 Å². The summed E-state index contributed by atoms with van der Waals surface area (Å²) < 4.78 is 0. The van der Waals surface area contributed by atoms with E-state index in [-0.39, 0.29) is 0 Å². The maximum atomic E-state index is 3.66. The smallest absolute Gasteiger partial charge is 0.0351 e. The molecule has 0 bridgehead atoms. The van der Waals surface area contributed by atoms with Gasteiger partial charge in [0.05, 0.1) is 0 Å². The van der Waals surface area contributed by atoms with Crippen LogP contribution in [0.15, 0.2) is 12.7 Å². The van der Waals surface area contributed by atoms with Crippen molar-refractivity contribution in [2.24, 2.45) is 5.92 Å². The van der Waals surface area contributed by atoms with E-state index in [1.165, 1.54) is 25.7 Å². The predicted octanol–water partition coefficient (Wildman–Crippen LogP) is 2.36. The number of rotatable bonds is 3. The highest BCUT2D eigenvalue weighted by atomic mass is 14.2. The van der Waals surface area contributed by atoms with Gasteiger partial charge >= 0.3 is 0 Å². The highest BCUT2D eigenvalue weighted by Gasteiger charge is 2.19. The Hall–Kier alpha value is -0.260. The SMILES string of the molecule is C=CCCC1CC1. The molecular formula is C7H12. The molecule has 7 heavy (non-hydrogen) atoms. The van der Waals surface area contributed by atoms with E-state index in [0.29, 0.717) is 0 Å². The molecular weight excluding hydrogens is 84.1 g/mol. The quantitative estimate of drug-likeness (QED) is 0.473. The molecule has 1 aliphatic rings. The summed E-state index contributed by atoms with van der Waals surface area (Å²) >= 11 is 0. The highest BCUT2D eigenvalue weighted by Crippen LogP contribution is 2.33. The molecule has 1 rings (SSSR count). The van der Waals surface area contributed by atoms with E-state index >= 15 is 0 Å². The topological polar surface area (TPSA) is 0 Å². The van der Waals surface area contributed by atoms with Crippen molar-refractivity contribution in [1.82, 2.24) is 0 Å². The number of allylic oxidation sites excluding steroid dienone is 1. The number of hydrogen-bond donors (Lipinski definition) is 0. The molecule has 0 aromatic carbocycles. The van der Waals surface area contributed by atoms with Gasteiger partial charge in [0.2, 0.25) is 0 Å². The molecule has 1 aliphatic carbocycles. The molecule has 1 fully saturated rings. The summed E-state index contributed by atoms with van der Waals surface area (Å²) in [6.45, 7) is 3.66. The van der Waals surface area contributed by atoms with E-state index in [9.17, 15) is 0 Å². The lowest BCUT2D eigenvalue weighted by molar-refractivity contribution is 0.743. The lowest BCUT2D eigenvalue weighted by Crippen LogP contribution is -1.69. The summed E-state index contributed by atoms with van der Waals surface area (Å²) in [6.07, 6.45) is 7.59. The standard InChI is InChI=1S/C7H12/c1-2-3-4-7-5-6-7/h2,7H,1,3-6H2. The van der Waals surface area contributed by atoms with Gasteiger partial charge in [0.1, 0.15) is 0 Å². The first-order valence-corrected chi connectivity index (χ1v) is 3.04. The van der Waals surface area contributed by atoms with Gasteiger partial charge in [-0.15, -0.1) is 6.58 Å². The third-order valence-electron chi connectivity index (χ3n) is 1.48. The Balaban J connectivity index is 1.88. The van der Waals surface area contributed by atoms with E-state index in [0.717, 1.165) is 5.92 Å². The van der Waals surface area contributed by atoms with Crippen LogP contribution in [-0.4, -0.2) is 0 Å². The van der Waals surface area contributed by atoms with Crippen LogP contribution in [0.25, 0.3) is 0 Å². The Morgan fingerprint density at radius 2 is 2.29 bits per heavy atom. The van der Waals surface area contributed by atoms with Gasteiger partial charge in [0, 0.05) is 0 Å². The summed E-state index contributed by atoms with van der Waals surface area (Å²) in [4.78, 5) is 0. The molecule has 0 amide bonds. The minimum absolute atomic E-state index is 1.08. The zero-order valence-electron chi connectivity index (χ0n) is 4.69. The maximum Gasteiger partial charge on any atom is -0.0351 e. The fraction of sp³-hybridized carbons (Fsp3) is 0.714. The molecule has 0 heteroatoms. The van der Waals surface area contributed by atoms with Crippen LogP contribution in [0, 0.1) is 5.92 Å². The summed E-state index contributed by atoms with van der Waals surface area (Å²) in [5.41, 5.74) is 0. The Labute approximate surface area is 45.2 Å². The monoisotopic (exact) mass is 96.1 g/mol. The summed E-state index contributed by atoms with van der Waals surface area (Å²) in [6, 6.07) is 0. The third-order valence-corrected chi connectivity index (χ3v) is 1.48. The second-order valence-electron chi connectivity index (χ2n) is 2.31. The molecule has 0 saturated heterocycles. The minimum Gasteiger partial charge on any atom is -0.103 e. The Bertz CT molecular complexity index is 60.4. The van der Waals surface area contributed by atoms with Crippen LogP contribution in [0.5, 0.6) is 0 Å². The molecule has 0 spiro atoms. The second-order valence-corrected chi connectivity index (χ2v) is 2.31. The minimum atomic E-state index is 1.08. The highest BCUT2D eigenvalue weighted by molar-refractivity contribution is 4.77. The van der Waals surface area contributed by atoms with Crippen molar-refractivity contribution in [2.75, 3.05) is 0 Å². The summed E-state index contributed by atoms with van der Waals surface area (Å²) in [5.74, 6) is 1.08. The average molecular weight is 96.2 g/mol. The van der Waals surface area contributed by atoms with Crippen LogP contribution in [0.2, 0.25) is 0 Å². The molecule has 0 aromatic rings. The molecule has 0 atom stereocenters. The Kier molecular flexibility index (Phi) is 1.50. The first-order chi connectivity index (χ1) is 3.43. The molecule has 0 aromatic heterocycles. The Morgan fingerprint density at radius 1 is 1.57 bits per heavy atom. The van der Waals surface area contributed by atoms with Crippen molar-refractivity contribution in [3.63, 3.8) is 0 Å². The average Bonchev–Trinajstić information content (AvgIpc) is 2.42. The van der Waals surface area contributed by atoms with Gasteiger partial charge in [-0.1, -0.05) is 18.9 Å². The summed E-state index contributed by atoms with van der Waals surface area (Å²) in [5, 5.41) is 0. The van der Waals surface area contributed by atoms with Gasteiger partial charge in [0.25, 0.3) is 0 Å². The van der Waals surface area contributed by atoms with Crippen LogP contribution < -0.4 is 0 Å². The van der Waals surface area contributed by atoms with Gasteiger partial charge in [-0.2, -0.15) is 0 Å². The molecule has 0 N–H and O–H groups in total. The lowest BCUT2D eigenvalue weighted by atomic mass is 10.2. The maximum absolute atomic E-state index is 3.66. The molecule has 1 saturated carbocycles. The predicted molar refractivity (Wildman–Crippen MR) is 32.2 cm³/mol. The zero-order valence-corrected chi connectivity index (χ0v) is 4.69. The van der Waals surface area contributed by atoms with Crippen molar-refractivity contribution in [1.29, 1.82) is 0 Å². The zero-order chi connectivity index (χ0) is 5.11. The van der Waals surface area contributed by atoms with Gasteiger partial charge in [-0.3, -0.25) is 0 Å². The third kappa shape index (κ3) is 1.77. The second kappa shape index (κ2) is 2.15. The van der Waals surface area contributed by atoms with Crippen LogP contribution in [0.4, 0.5) is 0 Å². The van der Waals surface area contributed by atoms with Crippen LogP contribution >= 0.6 is 0 Å². The Morgan fingerprint density at radius 3 is 2.71 bits per heavy atom. The van der Waals surface area contributed by atoms with Gasteiger partial charge < -0.3 is 0 Å². The molecule has 0 heterocycles. The normalized spacial score (nSPS) is 19.4. The van der Waals surface area contributed by atoms with Crippen LogP contribution in [-0.2, 0) is 0 Å². The van der Waals surface area contributed by atoms with E-state index in [4.69, 9.17) is 0 Å². The van der Waals surface area contributed by atoms with Crippen molar-refractivity contribution in [3.05, 3.63) is 12.7 Å². The molecule has 0 radical (unpaired) electrons. The fourth-order valence-electron chi connectivity index (χ4n) is 0.760.